The predicted molar refractivity (Wildman–Crippen MR) is 71.3 cm³/mol. The largest absolute Gasteiger partial charge is 0.508 e. The number of amides is 1. The van der Waals surface area contributed by atoms with E-state index in [0.717, 1.165) is 31.2 Å². The van der Waals surface area contributed by atoms with Gasteiger partial charge in [-0.05, 0) is 19.1 Å². The first-order valence-electron chi connectivity index (χ1n) is 5.34. The van der Waals surface area contributed by atoms with Crippen molar-refractivity contribution < 1.29 is 9.90 Å². The van der Waals surface area contributed by atoms with Gasteiger partial charge in [0.25, 0.3) is 5.91 Å². The van der Waals surface area contributed by atoms with Gasteiger partial charge in [0.1, 0.15) is 10.6 Å². The summed E-state index contributed by atoms with van der Waals surface area (Å²) >= 11 is 3.19. The number of aryl methyl sites for hydroxylation is 1. The molecule has 0 fully saturated rings. The number of fused-ring (bicyclic) bond motifs is 3. The molecule has 0 unspecified atom stereocenters. The summed E-state index contributed by atoms with van der Waals surface area (Å²) in [6, 6.07) is 3.57. The van der Waals surface area contributed by atoms with Crippen molar-refractivity contribution in [3.05, 3.63) is 22.6 Å². The number of hydrogen-bond acceptors (Lipinski definition) is 4. The molecule has 1 amide bonds. The first kappa shape index (κ1) is 10.9. The van der Waals surface area contributed by atoms with Crippen molar-refractivity contribution >= 4 is 39.1 Å². The molecule has 0 saturated carbocycles. The fraction of sp³-hybridized carbons (Fsp3) is 0.250. The Hall–Kier alpha value is -1.20. The van der Waals surface area contributed by atoms with Gasteiger partial charge >= 0.3 is 0 Å². The van der Waals surface area contributed by atoms with Gasteiger partial charge < -0.3 is 10.4 Å². The molecule has 1 aromatic carbocycles. The number of nitrogens with one attached hydrogen (secondary N) is 1. The molecule has 0 saturated heterocycles. The first-order valence-corrected chi connectivity index (χ1v) is 7.15. The molecule has 2 N–H and O–H groups in total. The van der Waals surface area contributed by atoms with E-state index in [1.54, 1.807) is 17.8 Å². The van der Waals surface area contributed by atoms with Crippen molar-refractivity contribution in [3.8, 4) is 5.75 Å². The zero-order chi connectivity index (χ0) is 12.0. The average molecular weight is 265 g/mol. The Morgan fingerprint density at radius 1 is 1.41 bits per heavy atom. The second-order valence-corrected chi connectivity index (χ2v) is 6.10. The Bertz CT molecular complexity index is 618. The lowest BCUT2D eigenvalue weighted by Gasteiger charge is -2.03. The molecule has 0 atom stereocenters. The van der Waals surface area contributed by atoms with E-state index >= 15 is 0 Å². The Labute approximate surface area is 107 Å². The van der Waals surface area contributed by atoms with Crippen molar-refractivity contribution in [3.63, 3.8) is 0 Å². The van der Waals surface area contributed by atoms with E-state index in [-0.39, 0.29) is 5.91 Å². The molecule has 0 radical (unpaired) electrons. The average Bonchev–Trinajstić information content (AvgIpc) is 2.60. The summed E-state index contributed by atoms with van der Waals surface area (Å²) < 4.78 is 1.06. The molecule has 0 spiro atoms. The lowest BCUT2D eigenvalue weighted by atomic mass is 10.1. The van der Waals surface area contributed by atoms with Gasteiger partial charge in [-0.3, -0.25) is 4.79 Å². The number of phenols is 1. The smallest absolute Gasteiger partial charge is 0.262 e. The molecule has 1 aliphatic heterocycles. The summed E-state index contributed by atoms with van der Waals surface area (Å²) in [5, 5.41) is 13.7. The highest BCUT2D eigenvalue weighted by molar-refractivity contribution is 7.99. The Morgan fingerprint density at radius 2 is 2.24 bits per heavy atom. The topological polar surface area (TPSA) is 49.3 Å². The molecule has 2 heterocycles. The molecule has 3 rings (SSSR count). The Balaban J connectivity index is 2.36. The molecule has 17 heavy (non-hydrogen) atoms. The minimum Gasteiger partial charge on any atom is -0.508 e. The van der Waals surface area contributed by atoms with E-state index in [1.165, 1.54) is 11.3 Å². The number of carbonyl (C=O) groups is 1. The monoisotopic (exact) mass is 265 g/mol. The van der Waals surface area contributed by atoms with Crippen molar-refractivity contribution in [2.45, 2.75) is 11.8 Å². The number of hydrogen-bond donors (Lipinski definition) is 2. The zero-order valence-electron chi connectivity index (χ0n) is 9.24. The third-order valence-electron chi connectivity index (χ3n) is 2.88. The highest BCUT2D eigenvalue weighted by Crippen LogP contribution is 2.42. The summed E-state index contributed by atoms with van der Waals surface area (Å²) in [4.78, 5) is 13.7. The van der Waals surface area contributed by atoms with Gasteiger partial charge in [-0.2, -0.15) is 0 Å². The molecule has 0 aliphatic carbocycles. The van der Waals surface area contributed by atoms with Crippen LogP contribution in [0.2, 0.25) is 0 Å². The van der Waals surface area contributed by atoms with Crippen LogP contribution >= 0.6 is 23.1 Å². The highest BCUT2D eigenvalue weighted by atomic mass is 32.2. The van der Waals surface area contributed by atoms with E-state index in [1.807, 2.05) is 13.0 Å². The number of carbonyl (C=O) groups excluding carboxylic acids is 1. The molecular weight excluding hydrogens is 254 g/mol. The third-order valence-corrected chi connectivity index (χ3v) is 5.27. The van der Waals surface area contributed by atoms with Gasteiger partial charge in [0.2, 0.25) is 0 Å². The molecule has 2 aromatic rings. The summed E-state index contributed by atoms with van der Waals surface area (Å²) in [6.45, 7) is 2.60. The summed E-state index contributed by atoms with van der Waals surface area (Å²) in [6.07, 6.45) is 0. The van der Waals surface area contributed by atoms with E-state index in [0.29, 0.717) is 12.3 Å². The number of thioether (sulfide) groups is 1. The maximum Gasteiger partial charge on any atom is 0.262 e. The number of benzene rings is 1. The summed E-state index contributed by atoms with van der Waals surface area (Å²) in [5.41, 5.74) is 0.863. The van der Waals surface area contributed by atoms with Crippen LogP contribution in [0.25, 0.3) is 10.1 Å². The predicted octanol–water partition coefficient (Wildman–Crippen LogP) is 2.75. The molecule has 3 nitrogen and oxygen atoms in total. The van der Waals surface area contributed by atoms with Crippen LogP contribution in [0.5, 0.6) is 5.75 Å². The van der Waals surface area contributed by atoms with Crippen LogP contribution in [0.3, 0.4) is 0 Å². The molecule has 88 valence electrons. The zero-order valence-corrected chi connectivity index (χ0v) is 10.9. The number of phenolic OH excluding ortho intramolecular Hbond substituents is 1. The molecule has 5 heteroatoms. The quantitative estimate of drug-likeness (QED) is 0.770. The van der Waals surface area contributed by atoms with E-state index < -0.39 is 0 Å². The summed E-state index contributed by atoms with van der Waals surface area (Å²) in [5.74, 6) is 1.17. The van der Waals surface area contributed by atoms with Crippen molar-refractivity contribution in [1.82, 2.24) is 5.32 Å². The van der Waals surface area contributed by atoms with Crippen LogP contribution in [0.15, 0.2) is 17.0 Å². The van der Waals surface area contributed by atoms with Gasteiger partial charge in [-0.15, -0.1) is 23.1 Å². The normalized spacial score (nSPS) is 15.5. The second-order valence-electron chi connectivity index (χ2n) is 3.95. The molecule has 0 bridgehead atoms. The minimum atomic E-state index is 0.00471. The second kappa shape index (κ2) is 3.92. The minimum absolute atomic E-state index is 0.00471. The van der Waals surface area contributed by atoms with Crippen LogP contribution in [0.1, 0.15) is 15.2 Å². The van der Waals surface area contributed by atoms with Gasteiger partial charge in [0.15, 0.2) is 0 Å². The van der Waals surface area contributed by atoms with Gasteiger partial charge in [-0.1, -0.05) is 0 Å². The summed E-state index contributed by atoms with van der Waals surface area (Å²) in [7, 11) is 0. The van der Waals surface area contributed by atoms with E-state index in [4.69, 9.17) is 0 Å². The van der Waals surface area contributed by atoms with Crippen LogP contribution < -0.4 is 5.32 Å². The SMILES string of the molecule is Cc1c(O)ccc2sc3c(c12)SCCNC3=O. The van der Waals surface area contributed by atoms with Crippen LogP contribution in [0, 0.1) is 6.92 Å². The fourth-order valence-electron chi connectivity index (χ4n) is 2.00. The Morgan fingerprint density at radius 3 is 3.06 bits per heavy atom. The molecular formula is C12H11NO2S2. The highest BCUT2D eigenvalue weighted by Gasteiger charge is 2.22. The van der Waals surface area contributed by atoms with Crippen LogP contribution in [0.4, 0.5) is 0 Å². The first-order chi connectivity index (χ1) is 8.18. The lowest BCUT2D eigenvalue weighted by molar-refractivity contribution is 0.0959. The molecule has 1 aromatic heterocycles. The van der Waals surface area contributed by atoms with Gasteiger partial charge in [0, 0.05) is 32.8 Å². The van der Waals surface area contributed by atoms with E-state index in [9.17, 15) is 9.90 Å². The fourth-order valence-corrected chi connectivity index (χ4v) is 4.48. The number of thiophene rings is 1. The van der Waals surface area contributed by atoms with Crippen molar-refractivity contribution in [2.24, 2.45) is 0 Å². The maximum absolute atomic E-state index is 11.9. The standard InChI is InChI=1S/C12H11NO2S2/c1-6-7(14)2-3-8-9(6)10-11(17-8)12(15)13-4-5-16-10/h2-3,14H,4-5H2,1H3,(H,13,15). The van der Waals surface area contributed by atoms with Crippen molar-refractivity contribution in [2.75, 3.05) is 12.3 Å². The maximum atomic E-state index is 11.9. The van der Waals surface area contributed by atoms with Gasteiger partial charge in [-0.25, -0.2) is 0 Å². The third kappa shape index (κ3) is 1.61. The van der Waals surface area contributed by atoms with Crippen molar-refractivity contribution in [1.29, 1.82) is 0 Å². The van der Waals surface area contributed by atoms with Crippen LogP contribution in [-0.2, 0) is 0 Å². The number of rotatable bonds is 0. The lowest BCUT2D eigenvalue weighted by Crippen LogP contribution is -2.22. The number of aromatic hydroxyl groups is 1. The van der Waals surface area contributed by atoms with Crippen LogP contribution in [-0.4, -0.2) is 23.3 Å². The molecule has 1 aliphatic rings. The van der Waals surface area contributed by atoms with E-state index in [2.05, 4.69) is 5.32 Å². The Kier molecular flexibility index (Phi) is 2.52. The van der Waals surface area contributed by atoms with Gasteiger partial charge in [0.05, 0.1) is 0 Å².